The molecule has 4 heteroatoms. The van der Waals surface area contributed by atoms with E-state index in [2.05, 4.69) is 15.9 Å². The molecule has 0 aliphatic carbocycles. The second-order valence-electron chi connectivity index (χ2n) is 3.95. The summed E-state index contributed by atoms with van der Waals surface area (Å²) >= 11 is 3.30. The van der Waals surface area contributed by atoms with Gasteiger partial charge in [-0.3, -0.25) is 0 Å². The summed E-state index contributed by atoms with van der Waals surface area (Å²) in [4.78, 5) is 0. The first-order valence-corrected chi connectivity index (χ1v) is 6.42. The van der Waals surface area contributed by atoms with Gasteiger partial charge in [0.05, 0.1) is 6.61 Å². The van der Waals surface area contributed by atoms with Crippen LogP contribution in [-0.4, -0.2) is 11.7 Å². The highest BCUT2D eigenvalue weighted by molar-refractivity contribution is 9.11. The molecule has 2 aromatic carbocycles. The number of benzene rings is 2. The van der Waals surface area contributed by atoms with Crippen LogP contribution in [0.3, 0.4) is 0 Å². The monoisotopic (exact) mass is 324 g/mol. The Hall–Kier alpha value is -1.52. The maximum absolute atomic E-state index is 13.0. The van der Waals surface area contributed by atoms with Crippen molar-refractivity contribution < 1.29 is 13.9 Å². The molecule has 0 amide bonds. The third-order valence-electron chi connectivity index (χ3n) is 2.68. The number of rotatable bonds is 3. The van der Waals surface area contributed by atoms with Crippen LogP contribution in [0.25, 0.3) is 5.57 Å². The van der Waals surface area contributed by atoms with Gasteiger partial charge in [-0.15, -0.1) is 0 Å². The Morgan fingerprint density at radius 2 is 1.21 bits per heavy atom. The number of aliphatic hydroxyl groups excluding tert-OH is 1. The highest BCUT2D eigenvalue weighted by Gasteiger charge is 2.10. The largest absolute Gasteiger partial charge is 0.391 e. The molecule has 0 heterocycles. The molecular weight excluding hydrogens is 314 g/mol. The van der Waals surface area contributed by atoms with Gasteiger partial charge in [0, 0.05) is 10.1 Å². The van der Waals surface area contributed by atoms with Crippen molar-refractivity contribution in [3.8, 4) is 0 Å². The highest BCUT2D eigenvalue weighted by atomic mass is 79.9. The third-order valence-corrected chi connectivity index (χ3v) is 3.32. The standard InChI is InChI=1S/C15H11BrF2O/c16-14(9-19)15(10-1-5-12(17)6-2-10)11-3-7-13(18)8-4-11/h1-8,19H,9H2. The Morgan fingerprint density at radius 1 is 0.842 bits per heavy atom. The molecule has 0 radical (unpaired) electrons. The van der Waals surface area contributed by atoms with Gasteiger partial charge >= 0.3 is 0 Å². The van der Waals surface area contributed by atoms with Crippen LogP contribution in [-0.2, 0) is 0 Å². The first kappa shape index (κ1) is 13.9. The van der Waals surface area contributed by atoms with Crippen molar-refractivity contribution in [2.75, 3.05) is 6.61 Å². The molecule has 0 aromatic heterocycles. The van der Waals surface area contributed by atoms with Crippen LogP contribution in [0.15, 0.2) is 53.0 Å². The summed E-state index contributed by atoms with van der Waals surface area (Å²) in [5, 5.41) is 9.28. The van der Waals surface area contributed by atoms with Gasteiger partial charge in [0.15, 0.2) is 0 Å². The van der Waals surface area contributed by atoms with Gasteiger partial charge in [0.1, 0.15) is 11.6 Å². The van der Waals surface area contributed by atoms with Gasteiger partial charge in [-0.05, 0) is 35.4 Å². The van der Waals surface area contributed by atoms with Crippen molar-refractivity contribution in [3.05, 3.63) is 75.8 Å². The average Bonchev–Trinajstić information content (AvgIpc) is 2.43. The van der Waals surface area contributed by atoms with Crippen LogP contribution in [0, 0.1) is 11.6 Å². The highest BCUT2D eigenvalue weighted by Crippen LogP contribution is 2.29. The minimum atomic E-state index is -0.331. The fourth-order valence-corrected chi connectivity index (χ4v) is 2.25. The summed E-state index contributed by atoms with van der Waals surface area (Å²) in [7, 11) is 0. The molecule has 98 valence electrons. The van der Waals surface area contributed by atoms with E-state index >= 15 is 0 Å². The molecule has 0 bridgehead atoms. The number of aliphatic hydroxyl groups is 1. The average molecular weight is 325 g/mol. The van der Waals surface area contributed by atoms with Crippen LogP contribution in [0.4, 0.5) is 8.78 Å². The fraction of sp³-hybridized carbons (Fsp3) is 0.0667. The van der Waals surface area contributed by atoms with E-state index in [1.54, 1.807) is 24.3 Å². The molecule has 0 aliphatic rings. The normalized spacial score (nSPS) is 10.3. The van der Waals surface area contributed by atoms with Gasteiger partial charge in [-0.1, -0.05) is 40.2 Å². The molecular formula is C15H11BrF2O. The zero-order valence-corrected chi connectivity index (χ0v) is 11.5. The summed E-state index contributed by atoms with van der Waals surface area (Å²) in [5.41, 5.74) is 2.20. The van der Waals surface area contributed by atoms with Crippen LogP contribution < -0.4 is 0 Å². The Bertz CT molecular complexity index is 541. The van der Waals surface area contributed by atoms with Crippen LogP contribution in [0.2, 0.25) is 0 Å². The van der Waals surface area contributed by atoms with Crippen LogP contribution >= 0.6 is 15.9 Å². The molecule has 0 saturated heterocycles. The molecule has 19 heavy (non-hydrogen) atoms. The number of halogens is 3. The number of hydrogen-bond donors (Lipinski definition) is 1. The van der Waals surface area contributed by atoms with Crippen LogP contribution in [0.1, 0.15) is 11.1 Å². The second-order valence-corrected chi connectivity index (χ2v) is 4.91. The quantitative estimate of drug-likeness (QED) is 0.900. The third kappa shape index (κ3) is 3.28. The molecule has 0 aliphatic heterocycles. The van der Waals surface area contributed by atoms with Crippen molar-refractivity contribution >= 4 is 21.5 Å². The lowest BCUT2D eigenvalue weighted by Gasteiger charge is -2.11. The van der Waals surface area contributed by atoms with Crippen molar-refractivity contribution in [1.29, 1.82) is 0 Å². The lowest BCUT2D eigenvalue weighted by Crippen LogP contribution is -1.94. The molecule has 1 nitrogen and oxygen atoms in total. The van der Waals surface area contributed by atoms with Crippen LogP contribution in [0.5, 0.6) is 0 Å². The predicted octanol–water partition coefficient (Wildman–Crippen LogP) is 4.11. The van der Waals surface area contributed by atoms with Crippen molar-refractivity contribution in [2.24, 2.45) is 0 Å². The SMILES string of the molecule is OCC(Br)=C(c1ccc(F)cc1)c1ccc(F)cc1. The van der Waals surface area contributed by atoms with E-state index in [1.807, 2.05) is 0 Å². The zero-order chi connectivity index (χ0) is 13.8. The zero-order valence-electron chi connectivity index (χ0n) is 9.91. The van der Waals surface area contributed by atoms with Crippen molar-refractivity contribution in [2.45, 2.75) is 0 Å². The van der Waals surface area contributed by atoms with Crippen molar-refractivity contribution in [3.63, 3.8) is 0 Å². The summed E-state index contributed by atoms with van der Waals surface area (Å²) in [6.07, 6.45) is 0. The van der Waals surface area contributed by atoms with Gasteiger partial charge in [0.25, 0.3) is 0 Å². The summed E-state index contributed by atoms with van der Waals surface area (Å²) in [6, 6.07) is 11.8. The van der Waals surface area contributed by atoms with E-state index in [4.69, 9.17) is 0 Å². The molecule has 0 atom stereocenters. The van der Waals surface area contributed by atoms with E-state index in [9.17, 15) is 13.9 Å². The summed E-state index contributed by atoms with van der Waals surface area (Å²) in [5.74, 6) is -0.662. The van der Waals surface area contributed by atoms with E-state index < -0.39 is 0 Å². The molecule has 2 aromatic rings. The lowest BCUT2D eigenvalue weighted by atomic mass is 9.97. The number of hydrogen-bond acceptors (Lipinski definition) is 1. The van der Waals surface area contributed by atoms with Gasteiger partial charge < -0.3 is 5.11 Å². The lowest BCUT2D eigenvalue weighted by molar-refractivity contribution is 0.340. The maximum Gasteiger partial charge on any atom is 0.123 e. The van der Waals surface area contributed by atoms with Gasteiger partial charge in [-0.2, -0.15) is 0 Å². The minimum absolute atomic E-state index is 0.190. The molecule has 1 N–H and O–H groups in total. The second kappa shape index (κ2) is 6.08. The first-order chi connectivity index (χ1) is 9.11. The molecule has 0 spiro atoms. The summed E-state index contributed by atoms with van der Waals surface area (Å²) in [6.45, 7) is -0.190. The Balaban J connectivity index is 2.54. The molecule has 0 saturated carbocycles. The van der Waals surface area contributed by atoms with Gasteiger partial charge in [0.2, 0.25) is 0 Å². The summed E-state index contributed by atoms with van der Waals surface area (Å²) < 4.78 is 26.5. The van der Waals surface area contributed by atoms with E-state index in [-0.39, 0.29) is 18.2 Å². The van der Waals surface area contributed by atoms with E-state index in [1.165, 1.54) is 24.3 Å². The predicted molar refractivity (Wildman–Crippen MR) is 74.8 cm³/mol. The fourth-order valence-electron chi connectivity index (χ4n) is 1.79. The van der Waals surface area contributed by atoms with E-state index in [0.717, 1.165) is 11.1 Å². The topological polar surface area (TPSA) is 20.2 Å². The molecule has 0 unspecified atom stereocenters. The van der Waals surface area contributed by atoms with E-state index in [0.29, 0.717) is 10.1 Å². The Labute approximate surface area is 118 Å². The molecule has 0 fully saturated rings. The Kier molecular flexibility index (Phi) is 4.45. The smallest absolute Gasteiger partial charge is 0.123 e. The maximum atomic E-state index is 13.0. The van der Waals surface area contributed by atoms with Crippen molar-refractivity contribution in [1.82, 2.24) is 0 Å². The minimum Gasteiger partial charge on any atom is -0.391 e. The Morgan fingerprint density at radius 3 is 1.53 bits per heavy atom. The van der Waals surface area contributed by atoms with Gasteiger partial charge in [-0.25, -0.2) is 8.78 Å². The first-order valence-electron chi connectivity index (χ1n) is 5.63. The molecule has 2 rings (SSSR count).